The van der Waals surface area contributed by atoms with E-state index in [1.165, 1.54) is 24.8 Å². The van der Waals surface area contributed by atoms with Crippen molar-refractivity contribution < 1.29 is 0 Å². The van der Waals surface area contributed by atoms with E-state index < -0.39 is 0 Å². The highest BCUT2D eigenvalue weighted by atomic mass is 15.0. The lowest BCUT2D eigenvalue weighted by Gasteiger charge is -2.22. The normalized spacial score (nSPS) is 26.1. The van der Waals surface area contributed by atoms with Crippen LogP contribution in [0.2, 0.25) is 0 Å². The first-order valence-electron chi connectivity index (χ1n) is 6.57. The van der Waals surface area contributed by atoms with E-state index in [4.69, 9.17) is 5.73 Å². The minimum Gasteiger partial charge on any atom is -0.329 e. The van der Waals surface area contributed by atoms with Crippen LogP contribution in [-0.2, 0) is 0 Å². The molecule has 1 aromatic heterocycles. The summed E-state index contributed by atoms with van der Waals surface area (Å²) in [6.45, 7) is 4.97. The highest BCUT2D eigenvalue weighted by Crippen LogP contribution is 2.26. The zero-order valence-corrected chi connectivity index (χ0v) is 10.8. The van der Waals surface area contributed by atoms with Crippen molar-refractivity contribution in [1.82, 2.24) is 10.3 Å². The van der Waals surface area contributed by atoms with Gasteiger partial charge in [0.15, 0.2) is 0 Å². The van der Waals surface area contributed by atoms with Crippen LogP contribution in [0.4, 0.5) is 0 Å². The molecule has 1 aliphatic carbocycles. The molecule has 2 rings (SSSR count). The van der Waals surface area contributed by atoms with Gasteiger partial charge < -0.3 is 11.1 Å². The molecule has 3 nitrogen and oxygen atoms in total. The van der Waals surface area contributed by atoms with Crippen molar-refractivity contribution in [3.8, 4) is 0 Å². The summed E-state index contributed by atoms with van der Waals surface area (Å²) in [6.07, 6.45) is 5.83. The van der Waals surface area contributed by atoms with Gasteiger partial charge >= 0.3 is 0 Å². The van der Waals surface area contributed by atoms with Gasteiger partial charge in [-0.15, -0.1) is 0 Å². The fraction of sp³-hybridized carbons (Fsp3) is 0.643. The molecule has 1 heterocycles. The first-order chi connectivity index (χ1) is 8.19. The third kappa shape index (κ3) is 3.27. The van der Waals surface area contributed by atoms with Gasteiger partial charge in [0.1, 0.15) is 0 Å². The van der Waals surface area contributed by atoms with Crippen molar-refractivity contribution >= 4 is 0 Å². The largest absolute Gasteiger partial charge is 0.329 e. The second kappa shape index (κ2) is 5.61. The molecule has 0 amide bonds. The van der Waals surface area contributed by atoms with E-state index >= 15 is 0 Å². The number of pyridine rings is 1. The fourth-order valence-electron chi connectivity index (χ4n) is 2.63. The summed E-state index contributed by atoms with van der Waals surface area (Å²) >= 11 is 0. The van der Waals surface area contributed by atoms with Gasteiger partial charge in [-0.25, -0.2) is 0 Å². The van der Waals surface area contributed by atoms with E-state index in [0.717, 1.165) is 11.6 Å². The Bertz CT molecular complexity index is 347. The van der Waals surface area contributed by atoms with Crippen molar-refractivity contribution in [1.29, 1.82) is 0 Å². The molecular weight excluding hydrogens is 210 g/mol. The molecule has 1 aromatic rings. The fourth-order valence-corrected chi connectivity index (χ4v) is 2.63. The molecule has 0 aliphatic heterocycles. The molecule has 3 N–H and O–H groups in total. The predicted octanol–water partition coefficient (Wildman–Crippen LogP) is 2.17. The zero-order valence-electron chi connectivity index (χ0n) is 10.8. The summed E-state index contributed by atoms with van der Waals surface area (Å²) in [4.78, 5) is 4.34. The standard InChI is InChI=1S/C14H23N3/c1-10-3-6-13(7-10)17-14(8-15)12-5-4-11(2)16-9-12/h4-5,9-10,13-14,17H,3,6-8,15H2,1-2H3. The number of nitrogens with one attached hydrogen (secondary N) is 1. The molecular formula is C14H23N3. The summed E-state index contributed by atoms with van der Waals surface area (Å²) in [5.74, 6) is 0.849. The van der Waals surface area contributed by atoms with Gasteiger partial charge in [-0.1, -0.05) is 13.0 Å². The van der Waals surface area contributed by atoms with E-state index in [1.54, 1.807) is 0 Å². The van der Waals surface area contributed by atoms with Crippen LogP contribution in [-0.4, -0.2) is 17.6 Å². The number of aromatic nitrogens is 1. The third-order valence-electron chi connectivity index (χ3n) is 3.70. The molecule has 3 unspecified atom stereocenters. The Morgan fingerprint density at radius 1 is 1.47 bits per heavy atom. The van der Waals surface area contributed by atoms with Gasteiger partial charge in [0.25, 0.3) is 0 Å². The summed E-state index contributed by atoms with van der Waals surface area (Å²) in [5, 5.41) is 3.67. The Kier molecular flexibility index (Phi) is 4.13. The van der Waals surface area contributed by atoms with Crippen molar-refractivity contribution in [2.45, 2.75) is 45.2 Å². The van der Waals surface area contributed by atoms with Crippen molar-refractivity contribution in [3.05, 3.63) is 29.6 Å². The number of nitrogens with zero attached hydrogens (tertiary/aromatic N) is 1. The van der Waals surface area contributed by atoms with E-state index in [9.17, 15) is 0 Å². The van der Waals surface area contributed by atoms with E-state index in [0.29, 0.717) is 12.6 Å². The monoisotopic (exact) mass is 233 g/mol. The summed E-state index contributed by atoms with van der Waals surface area (Å²) < 4.78 is 0. The topological polar surface area (TPSA) is 50.9 Å². The number of hydrogen-bond donors (Lipinski definition) is 2. The Balaban J connectivity index is 1.98. The SMILES string of the molecule is Cc1ccc(C(CN)NC2CCC(C)C2)cn1. The number of hydrogen-bond acceptors (Lipinski definition) is 3. The first-order valence-corrected chi connectivity index (χ1v) is 6.57. The molecule has 0 radical (unpaired) electrons. The minimum atomic E-state index is 0.249. The minimum absolute atomic E-state index is 0.249. The molecule has 0 saturated heterocycles. The predicted molar refractivity (Wildman–Crippen MR) is 70.7 cm³/mol. The number of rotatable bonds is 4. The number of aryl methyl sites for hydroxylation is 1. The van der Waals surface area contributed by atoms with E-state index in [-0.39, 0.29) is 6.04 Å². The lowest BCUT2D eigenvalue weighted by Crippen LogP contribution is -2.35. The molecule has 17 heavy (non-hydrogen) atoms. The van der Waals surface area contributed by atoms with Gasteiger partial charge in [-0.05, 0) is 43.7 Å². The van der Waals surface area contributed by atoms with Crippen LogP contribution in [0.15, 0.2) is 18.3 Å². The molecule has 0 aromatic carbocycles. The second-order valence-electron chi connectivity index (χ2n) is 5.30. The average molecular weight is 233 g/mol. The molecule has 0 bridgehead atoms. The molecule has 1 aliphatic rings. The van der Waals surface area contributed by atoms with Gasteiger partial charge in [0, 0.05) is 30.5 Å². The molecule has 1 fully saturated rings. The van der Waals surface area contributed by atoms with Crippen LogP contribution < -0.4 is 11.1 Å². The summed E-state index contributed by atoms with van der Waals surface area (Å²) in [6, 6.07) is 5.06. The van der Waals surface area contributed by atoms with E-state index in [2.05, 4.69) is 29.4 Å². The highest BCUT2D eigenvalue weighted by molar-refractivity contribution is 5.17. The summed E-state index contributed by atoms with van der Waals surface area (Å²) in [7, 11) is 0. The van der Waals surface area contributed by atoms with Crippen molar-refractivity contribution in [3.63, 3.8) is 0 Å². The van der Waals surface area contributed by atoms with Crippen LogP contribution in [0.5, 0.6) is 0 Å². The smallest absolute Gasteiger partial charge is 0.0462 e. The lowest BCUT2D eigenvalue weighted by molar-refractivity contribution is 0.433. The van der Waals surface area contributed by atoms with Gasteiger partial charge in [0.05, 0.1) is 0 Å². The van der Waals surface area contributed by atoms with Crippen LogP contribution in [0, 0.1) is 12.8 Å². The van der Waals surface area contributed by atoms with Crippen molar-refractivity contribution in [2.24, 2.45) is 11.7 Å². The quantitative estimate of drug-likeness (QED) is 0.838. The highest BCUT2D eigenvalue weighted by Gasteiger charge is 2.23. The Labute approximate surface area is 104 Å². The zero-order chi connectivity index (χ0) is 12.3. The van der Waals surface area contributed by atoms with Crippen molar-refractivity contribution in [2.75, 3.05) is 6.54 Å². The van der Waals surface area contributed by atoms with Gasteiger partial charge in [-0.3, -0.25) is 4.98 Å². The Hall–Kier alpha value is -0.930. The van der Waals surface area contributed by atoms with Gasteiger partial charge in [-0.2, -0.15) is 0 Å². The lowest BCUT2D eigenvalue weighted by atomic mass is 10.1. The molecule has 0 spiro atoms. The molecule has 3 heteroatoms. The maximum absolute atomic E-state index is 5.87. The van der Waals surface area contributed by atoms with Crippen LogP contribution in [0.25, 0.3) is 0 Å². The molecule has 94 valence electrons. The average Bonchev–Trinajstić information content (AvgIpc) is 2.73. The Morgan fingerprint density at radius 2 is 2.29 bits per heavy atom. The Morgan fingerprint density at radius 3 is 2.82 bits per heavy atom. The second-order valence-corrected chi connectivity index (χ2v) is 5.30. The maximum Gasteiger partial charge on any atom is 0.0462 e. The number of nitrogens with two attached hydrogens (primary N) is 1. The molecule has 1 saturated carbocycles. The van der Waals surface area contributed by atoms with Crippen LogP contribution >= 0.6 is 0 Å². The maximum atomic E-state index is 5.87. The van der Waals surface area contributed by atoms with Crippen LogP contribution in [0.1, 0.15) is 43.5 Å². The third-order valence-corrected chi connectivity index (χ3v) is 3.70. The van der Waals surface area contributed by atoms with E-state index in [1.807, 2.05) is 13.1 Å². The molecule has 3 atom stereocenters. The van der Waals surface area contributed by atoms with Gasteiger partial charge in [0.2, 0.25) is 0 Å². The summed E-state index contributed by atoms with van der Waals surface area (Å²) in [5.41, 5.74) is 8.13. The first kappa shape index (κ1) is 12.5. The van der Waals surface area contributed by atoms with Crippen LogP contribution in [0.3, 0.4) is 0 Å².